The molecule has 2 atom stereocenters. The molecule has 0 aliphatic carbocycles. The van der Waals surface area contributed by atoms with Gasteiger partial charge in [-0.05, 0) is 24.1 Å². The molecule has 2 heteroatoms. The van der Waals surface area contributed by atoms with Crippen molar-refractivity contribution < 1.29 is 5.11 Å². The molecule has 0 amide bonds. The van der Waals surface area contributed by atoms with Gasteiger partial charge < -0.3 is 10.0 Å². The Morgan fingerprint density at radius 3 is 1.90 bits per heavy atom. The standard InChI is InChI=1S/C18H23NO/c1-15(16-9-5-3-6-10-16)13-19(2)14-18(20)17-11-7-4-8-12-17/h3-12,15,18,20H,13-14H2,1-2H3/t15-,18-/m1/s1. The van der Waals surface area contributed by atoms with Crippen molar-refractivity contribution >= 4 is 0 Å². The molecule has 0 aliphatic rings. The first-order valence-corrected chi connectivity index (χ1v) is 7.13. The van der Waals surface area contributed by atoms with E-state index in [0.29, 0.717) is 12.5 Å². The monoisotopic (exact) mass is 269 g/mol. The van der Waals surface area contributed by atoms with Crippen LogP contribution < -0.4 is 0 Å². The van der Waals surface area contributed by atoms with Gasteiger partial charge in [-0.25, -0.2) is 0 Å². The van der Waals surface area contributed by atoms with Gasteiger partial charge in [-0.3, -0.25) is 0 Å². The third-order valence-electron chi connectivity index (χ3n) is 3.62. The minimum atomic E-state index is -0.427. The average molecular weight is 269 g/mol. The Bertz CT molecular complexity index is 450. The van der Waals surface area contributed by atoms with Crippen LogP contribution in [0.15, 0.2) is 60.7 Å². The van der Waals surface area contributed by atoms with Crippen molar-refractivity contribution in [3.05, 3.63) is 71.8 Å². The zero-order valence-electron chi connectivity index (χ0n) is 12.2. The second-order valence-electron chi connectivity index (χ2n) is 5.46. The van der Waals surface area contributed by atoms with E-state index >= 15 is 0 Å². The van der Waals surface area contributed by atoms with Gasteiger partial charge in [0.25, 0.3) is 0 Å². The van der Waals surface area contributed by atoms with Gasteiger partial charge in [0, 0.05) is 13.1 Å². The maximum Gasteiger partial charge on any atom is 0.0916 e. The molecule has 0 aromatic heterocycles. The summed E-state index contributed by atoms with van der Waals surface area (Å²) in [7, 11) is 2.06. The summed E-state index contributed by atoms with van der Waals surface area (Å²) >= 11 is 0. The molecule has 0 unspecified atom stereocenters. The fraction of sp³-hybridized carbons (Fsp3) is 0.333. The van der Waals surface area contributed by atoms with Crippen LogP contribution in [0.2, 0.25) is 0 Å². The predicted molar refractivity (Wildman–Crippen MR) is 83.8 cm³/mol. The van der Waals surface area contributed by atoms with Crippen LogP contribution in [0.25, 0.3) is 0 Å². The summed E-state index contributed by atoms with van der Waals surface area (Å²) in [5, 5.41) is 10.2. The van der Waals surface area contributed by atoms with Crippen LogP contribution in [0.3, 0.4) is 0 Å². The molecule has 2 nitrogen and oxygen atoms in total. The molecule has 0 saturated heterocycles. The van der Waals surface area contributed by atoms with Crippen LogP contribution in [-0.2, 0) is 0 Å². The highest BCUT2D eigenvalue weighted by atomic mass is 16.3. The first-order chi connectivity index (χ1) is 9.66. The molecule has 0 aliphatic heterocycles. The zero-order valence-corrected chi connectivity index (χ0v) is 12.2. The van der Waals surface area contributed by atoms with Crippen molar-refractivity contribution in [3.8, 4) is 0 Å². The molecule has 2 aromatic rings. The lowest BCUT2D eigenvalue weighted by Crippen LogP contribution is -2.28. The van der Waals surface area contributed by atoms with Gasteiger partial charge in [-0.15, -0.1) is 0 Å². The van der Waals surface area contributed by atoms with Gasteiger partial charge in [-0.2, -0.15) is 0 Å². The lowest BCUT2D eigenvalue weighted by Gasteiger charge is -2.24. The first kappa shape index (κ1) is 14.8. The van der Waals surface area contributed by atoms with E-state index in [4.69, 9.17) is 0 Å². The molecule has 106 valence electrons. The molecule has 0 saturated carbocycles. The molecular formula is C18H23NO. The summed E-state index contributed by atoms with van der Waals surface area (Å²) in [6.07, 6.45) is -0.427. The van der Waals surface area contributed by atoms with Crippen LogP contribution >= 0.6 is 0 Å². The Kier molecular flexibility index (Phi) is 5.33. The number of benzene rings is 2. The largest absolute Gasteiger partial charge is 0.387 e. The average Bonchev–Trinajstić information content (AvgIpc) is 2.49. The van der Waals surface area contributed by atoms with Crippen LogP contribution in [0.1, 0.15) is 30.1 Å². The predicted octanol–water partition coefficient (Wildman–Crippen LogP) is 3.46. The smallest absolute Gasteiger partial charge is 0.0916 e. The first-order valence-electron chi connectivity index (χ1n) is 7.13. The van der Waals surface area contributed by atoms with E-state index in [9.17, 15) is 5.11 Å². The number of aliphatic hydroxyl groups is 1. The van der Waals surface area contributed by atoms with E-state index in [1.807, 2.05) is 36.4 Å². The minimum Gasteiger partial charge on any atom is -0.387 e. The highest BCUT2D eigenvalue weighted by Gasteiger charge is 2.13. The third-order valence-corrected chi connectivity index (χ3v) is 3.62. The highest BCUT2D eigenvalue weighted by molar-refractivity contribution is 5.19. The summed E-state index contributed by atoms with van der Waals surface area (Å²) in [5.74, 6) is 0.462. The molecular weight excluding hydrogens is 246 g/mol. The van der Waals surface area contributed by atoms with E-state index in [1.54, 1.807) is 0 Å². The zero-order chi connectivity index (χ0) is 14.4. The topological polar surface area (TPSA) is 23.5 Å². The van der Waals surface area contributed by atoms with Crippen molar-refractivity contribution in [1.29, 1.82) is 0 Å². The van der Waals surface area contributed by atoms with Crippen molar-refractivity contribution in [3.63, 3.8) is 0 Å². The lowest BCUT2D eigenvalue weighted by molar-refractivity contribution is 0.124. The van der Waals surface area contributed by atoms with E-state index in [1.165, 1.54) is 5.56 Å². The fourth-order valence-electron chi connectivity index (χ4n) is 2.50. The Labute approximate surface area is 121 Å². The van der Waals surface area contributed by atoms with Crippen molar-refractivity contribution in [2.45, 2.75) is 18.9 Å². The van der Waals surface area contributed by atoms with Gasteiger partial charge in [0.2, 0.25) is 0 Å². The Morgan fingerprint density at radius 1 is 0.850 bits per heavy atom. The maximum absolute atomic E-state index is 10.2. The third kappa shape index (κ3) is 4.19. The van der Waals surface area contributed by atoms with Gasteiger partial charge in [0.15, 0.2) is 0 Å². The van der Waals surface area contributed by atoms with Gasteiger partial charge in [-0.1, -0.05) is 67.6 Å². The van der Waals surface area contributed by atoms with Crippen LogP contribution in [0.4, 0.5) is 0 Å². The van der Waals surface area contributed by atoms with E-state index in [2.05, 4.69) is 43.1 Å². The number of nitrogens with zero attached hydrogens (tertiary/aromatic N) is 1. The molecule has 1 N–H and O–H groups in total. The fourth-order valence-corrected chi connectivity index (χ4v) is 2.50. The quantitative estimate of drug-likeness (QED) is 0.868. The summed E-state index contributed by atoms with van der Waals surface area (Å²) in [4.78, 5) is 2.19. The molecule has 0 bridgehead atoms. The number of hydrogen-bond acceptors (Lipinski definition) is 2. The van der Waals surface area contributed by atoms with Crippen molar-refractivity contribution in [2.24, 2.45) is 0 Å². The second-order valence-corrected chi connectivity index (χ2v) is 5.46. The molecule has 2 aromatic carbocycles. The van der Waals surface area contributed by atoms with Gasteiger partial charge in [0.05, 0.1) is 6.10 Å². The molecule has 0 fully saturated rings. The molecule has 0 spiro atoms. The van der Waals surface area contributed by atoms with Crippen molar-refractivity contribution in [1.82, 2.24) is 4.90 Å². The summed E-state index contributed by atoms with van der Waals surface area (Å²) < 4.78 is 0. The summed E-state index contributed by atoms with van der Waals surface area (Å²) in [6, 6.07) is 20.3. The normalized spacial score (nSPS) is 14.2. The molecule has 2 rings (SSSR count). The lowest BCUT2D eigenvalue weighted by atomic mass is 10.0. The van der Waals surface area contributed by atoms with Crippen LogP contribution in [-0.4, -0.2) is 30.1 Å². The Balaban J connectivity index is 1.88. The van der Waals surface area contributed by atoms with Crippen LogP contribution in [0, 0.1) is 0 Å². The molecule has 0 radical (unpaired) electrons. The Hall–Kier alpha value is -1.64. The number of rotatable bonds is 6. The van der Waals surface area contributed by atoms with E-state index < -0.39 is 6.10 Å². The second kappa shape index (κ2) is 7.22. The summed E-state index contributed by atoms with van der Waals surface area (Å²) in [5.41, 5.74) is 2.32. The molecule has 0 heterocycles. The minimum absolute atomic E-state index is 0.427. The number of likely N-dealkylation sites (N-methyl/N-ethyl adjacent to an activating group) is 1. The Morgan fingerprint density at radius 2 is 1.35 bits per heavy atom. The van der Waals surface area contributed by atoms with Gasteiger partial charge in [0.1, 0.15) is 0 Å². The van der Waals surface area contributed by atoms with Crippen molar-refractivity contribution in [2.75, 3.05) is 20.1 Å². The van der Waals surface area contributed by atoms with E-state index in [-0.39, 0.29) is 0 Å². The summed E-state index contributed by atoms with van der Waals surface area (Å²) in [6.45, 7) is 3.82. The maximum atomic E-state index is 10.2. The van der Waals surface area contributed by atoms with E-state index in [0.717, 1.165) is 12.1 Å². The SMILES string of the molecule is C[C@H](CN(C)C[C@@H](O)c1ccccc1)c1ccccc1. The molecule has 20 heavy (non-hydrogen) atoms. The number of hydrogen-bond donors (Lipinski definition) is 1. The van der Waals surface area contributed by atoms with Crippen LogP contribution in [0.5, 0.6) is 0 Å². The number of aliphatic hydroxyl groups excluding tert-OH is 1. The highest BCUT2D eigenvalue weighted by Crippen LogP contribution is 2.18. The van der Waals surface area contributed by atoms with Gasteiger partial charge >= 0.3 is 0 Å².